The van der Waals surface area contributed by atoms with Crippen LogP contribution in [0.3, 0.4) is 0 Å². The third-order valence-corrected chi connectivity index (χ3v) is 11.1. The number of hydrogen-bond donors (Lipinski definition) is 0. The normalized spacial score (nSPS) is 13.0. The molecule has 0 spiro atoms. The topological polar surface area (TPSA) is 54.5 Å². The van der Waals surface area contributed by atoms with Gasteiger partial charge >= 0.3 is 188 Å². The van der Waals surface area contributed by atoms with Crippen LogP contribution in [0, 0.1) is 0 Å². The molecule has 0 aromatic heterocycles. The van der Waals surface area contributed by atoms with Crippen LogP contribution in [0.1, 0.15) is 27.1 Å². The standard InChI is InChI=1S/C24H19NO3Se2/c26-21(15-16-25-22(27)19-13-7-8-14-20(19)23(25)28)24(29-17-9-3-1-4-10-17)30-18-11-5-2-6-12-18/h1-14,24H,15-16H2. The predicted molar refractivity (Wildman–Crippen MR) is 119 cm³/mol. The Balaban J connectivity index is 1.46. The number of ketones is 1. The van der Waals surface area contributed by atoms with E-state index < -0.39 is 0 Å². The minimum absolute atomic E-state index is 0.00379. The first-order valence-corrected chi connectivity index (χ1v) is 13.2. The molecule has 6 heteroatoms. The van der Waals surface area contributed by atoms with Crippen LogP contribution in [0.25, 0.3) is 0 Å². The third kappa shape index (κ3) is 4.63. The summed E-state index contributed by atoms with van der Waals surface area (Å²) in [5, 5.41) is 0. The minimum atomic E-state index is -0.304. The zero-order chi connectivity index (χ0) is 20.9. The number of amides is 2. The molecule has 1 aliphatic rings. The van der Waals surface area contributed by atoms with Gasteiger partial charge in [-0.2, -0.15) is 0 Å². The van der Waals surface area contributed by atoms with E-state index in [4.69, 9.17) is 0 Å². The Labute approximate surface area is 188 Å². The molecule has 0 atom stereocenters. The molecular formula is C24H19NO3Se2. The van der Waals surface area contributed by atoms with Gasteiger partial charge in [0.2, 0.25) is 0 Å². The number of carbonyl (C=O) groups excluding carboxylic acids is 3. The Morgan fingerprint density at radius 2 is 1.13 bits per heavy atom. The molecule has 0 fully saturated rings. The van der Waals surface area contributed by atoms with E-state index in [-0.39, 0.29) is 64.2 Å². The molecule has 0 radical (unpaired) electrons. The van der Waals surface area contributed by atoms with Crippen molar-refractivity contribution in [2.75, 3.05) is 6.54 Å². The van der Waals surface area contributed by atoms with Gasteiger partial charge < -0.3 is 0 Å². The number of Topliss-reactive ketones (excluding diaryl/α,β-unsaturated/α-hetero) is 1. The van der Waals surface area contributed by atoms with Crippen molar-refractivity contribution in [1.82, 2.24) is 4.90 Å². The second kappa shape index (κ2) is 9.55. The molecule has 0 bridgehead atoms. The van der Waals surface area contributed by atoms with Crippen molar-refractivity contribution in [2.45, 2.75) is 10.1 Å². The van der Waals surface area contributed by atoms with Gasteiger partial charge in [-0.05, 0) is 0 Å². The van der Waals surface area contributed by atoms with E-state index >= 15 is 0 Å². The molecule has 3 aromatic carbocycles. The quantitative estimate of drug-likeness (QED) is 0.333. The van der Waals surface area contributed by atoms with Crippen LogP contribution < -0.4 is 8.92 Å². The second-order valence-electron chi connectivity index (χ2n) is 6.72. The van der Waals surface area contributed by atoms with Crippen LogP contribution in [0.4, 0.5) is 0 Å². The fourth-order valence-electron chi connectivity index (χ4n) is 3.18. The molecule has 150 valence electrons. The van der Waals surface area contributed by atoms with E-state index in [9.17, 15) is 14.4 Å². The van der Waals surface area contributed by atoms with E-state index in [1.807, 2.05) is 36.4 Å². The first-order chi connectivity index (χ1) is 14.6. The third-order valence-electron chi connectivity index (χ3n) is 4.70. The molecule has 1 heterocycles. The summed E-state index contributed by atoms with van der Waals surface area (Å²) in [7, 11) is 0. The number of fused-ring (bicyclic) bond motifs is 1. The van der Waals surface area contributed by atoms with Gasteiger partial charge in [0.05, 0.1) is 0 Å². The summed E-state index contributed by atoms with van der Waals surface area (Å²) in [6.45, 7) is 0.136. The maximum absolute atomic E-state index is 13.2. The molecular weight excluding hydrogens is 508 g/mol. The number of rotatable bonds is 8. The molecule has 2 amide bonds. The molecule has 3 aromatic rings. The van der Waals surface area contributed by atoms with E-state index in [1.165, 1.54) is 13.8 Å². The van der Waals surface area contributed by atoms with Crippen molar-refractivity contribution in [3.05, 3.63) is 96.1 Å². The van der Waals surface area contributed by atoms with Crippen LogP contribution in [0.5, 0.6) is 0 Å². The molecule has 0 saturated carbocycles. The van der Waals surface area contributed by atoms with Crippen molar-refractivity contribution >= 4 is 56.4 Å². The molecule has 0 aliphatic carbocycles. The monoisotopic (exact) mass is 529 g/mol. The summed E-state index contributed by atoms with van der Waals surface area (Å²) in [6.07, 6.45) is 0.194. The van der Waals surface area contributed by atoms with Crippen molar-refractivity contribution < 1.29 is 14.4 Å². The van der Waals surface area contributed by atoms with Crippen molar-refractivity contribution in [3.8, 4) is 0 Å². The van der Waals surface area contributed by atoms with Crippen molar-refractivity contribution in [2.24, 2.45) is 0 Å². The van der Waals surface area contributed by atoms with Crippen LogP contribution in [-0.2, 0) is 4.79 Å². The molecule has 0 unspecified atom stereocenters. The van der Waals surface area contributed by atoms with Gasteiger partial charge in [-0.15, -0.1) is 0 Å². The summed E-state index contributed by atoms with van der Waals surface area (Å²) in [4.78, 5) is 39.5. The summed E-state index contributed by atoms with van der Waals surface area (Å²) in [5.74, 6) is -0.483. The van der Waals surface area contributed by atoms with Crippen LogP contribution in [-0.4, -0.2) is 59.0 Å². The number of benzene rings is 3. The first-order valence-electron chi connectivity index (χ1n) is 9.55. The van der Waals surface area contributed by atoms with Crippen LogP contribution >= 0.6 is 0 Å². The van der Waals surface area contributed by atoms with E-state index in [2.05, 4.69) is 24.3 Å². The Hall–Kier alpha value is -2.49. The zero-order valence-corrected chi connectivity index (χ0v) is 19.5. The Kier molecular flexibility index (Phi) is 6.61. The average Bonchev–Trinajstić information content (AvgIpc) is 3.03. The Bertz CT molecular complexity index is 994. The molecule has 4 nitrogen and oxygen atoms in total. The van der Waals surface area contributed by atoms with E-state index in [1.54, 1.807) is 24.3 Å². The van der Waals surface area contributed by atoms with Gasteiger partial charge in [0.1, 0.15) is 0 Å². The molecule has 0 N–H and O–H groups in total. The SMILES string of the molecule is O=C(CCN1C(=O)c2ccccc2C1=O)C([Se]c1ccccc1)[Se]c1ccccc1. The molecule has 4 rings (SSSR count). The summed E-state index contributed by atoms with van der Waals surface area (Å²) < 4.78 is 2.29. The van der Waals surface area contributed by atoms with Gasteiger partial charge in [0.25, 0.3) is 0 Å². The number of imide groups is 1. The van der Waals surface area contributed by atoms with Gasteiger partial charge in [-0.25, -0.2) is 0 Å². The Morgan fingerprint density at radius 1 is 0.700 bits per heavy atom. The second-order valence-corrected chi connectivity index (χ2v) is 13.2. The zero-order valence-electron chi connectivity index (χ0n) is 16.1. The average molecular weight is 527 g/mol. The maximum atomic E-state index is 13.2. The number of nitrogens with zero attached hydrogens (tertiary/aromatic N) is 1. The Morgan fingerprint density at radius 3 is 1.60 bits per heavy atom. The fraction of sp³-hybridized carbons (Fsp3) is 0.125. The van der Waals surface area contributed by atoms with Gasteiger partial charge in [-0.3, -0.25) is 0 Å². The first kappa shape index (κ1) is 20.8. The summed E-state index contributed by atoms with van der Waals surface area (Å²) >= 11 is -0.00759. The van der Waals surface area contributed by atoms with Gasteiger partial charge in [0, 0.05) is 0 Å². The molecule has 30 heavy (non-hydrogen) atoms. The van der Waals surface area contributed by atoms with E-state index in [0.717, 1.165) is 0 Å². The van der Waals surface area contributed by atoms with Gasteiger partial charge in [-0.1, -0.05) is 0 Å². The van der Waals surface area contributed by atoms with Crippen LogP contribution in [0.15, 0.2) is 84.9 Å². The van der Waals surface area contributed by atoms with E-state index in [0.29, 0.717) is 11.1 Å². The fourth-order valence-corrected chi connectivity index (χ4v) is 9.63. The van der Waals surface area contributed by atoms with Gasteiger partial charge in [0.15, 0.2) is 0 Å². The van der Waals surface area contributed by atoms with Crippen molar-refractivity contribution in [3.63, 3.8) is 0 Å². The predicted octanol–water partition coefficient (Wildman–Crippen LogP) is 2.05. The van der Waals surface area contributed by atoms with Crippen LogP contribution in [0.2, 0.25) is 3.71 Å². The summed E-state index contributed by atoms with van der Waals surface area (Å²) in [5.41, 5.74) is 0.849. The number of carbonyl (C=O) groups is 3. The molecule has 0 saturated heterocycles. The number of hydrogen-bond acceptors (Lipinski definition) is 3. The molecule has 1 aliphatic heterocycles. The van der Waals surface area contributed by atoms with Crippen molar-refractivity contribution in [1.29, 1.82) is 0 Å². The summed E-state index contributed by atoms with van der Waals surface area (Å²) in [6, 6.07) is 27.0.